The molecule has 1 aliphatic heterocycles. The monoisotopic (exact) mass is 163 g/mol. The Kier molecular flexibility index (Phi) is 3.18. The Morgan fingerprint density at radius 1 is 1.73 bits per heavy atom. The van der Waals surface area contributed by atoms with Gasteiger partial charge in [0.05, 0.1) is 19.2 Å². The lowest BCUT2D eigenvalue weighted by Crippen LogP contribution is -3.20. The van der Waals surface area contributed by atoms with E-state index in [1.165, 1.54) is 5.01 Å². The molecule has 0 amide bonds. The summed E-state index contributed by atoms with van der Waals surface area (Å²) in [5, 5.41) is 28.8. The number of quaternary nitrogens is 1. The lowest BCUT2D eigenvalue weighted by molar-refractivity contribution is -1.04. The molecule has 66 valence electrons. The molecule has 1 fully saturated rings. The van der Waals surface area contributed by atoms with Gasteiger partial charge in [-0.2, -0.15) is 5.28 Å². The molecule has 0 saturated carbocycles. The SMILES string of the molecule is [O-][NH+](NO)N1CCC[C@H]1CO. The van der Waals surface area contributed by atoms with Gasteiger partial charge in [-0.15, -0.1) is 5.01 Å². The molecule has 0 spiro atoms. The van der Waals surface area contributed by atoms with Crippen molar-refractivity contribution in [3.63, 3.8) is 0 Å². The third kappa shape index (κ3) is 1.86. The van der Waals surface area contributed by atoms with Crippen LogP contribution in [0.3, 0.4) is 0 Å². The Balaban J connectivity index is 2.42. The zero-order valence-electron chi connectivity index (χ0n) is 6.16. The third-order valence-electron chi connectivity index (χ3n) is 1.94. The fourth-order valence-electron chi connectivity index (χ4n) is 1.36. The van der Waals surface area contributed by atoms with Gasteiger partial charge in [0.25, 0.3) is 0 Å². The standard InChI is InChI=1S/C5H13N3O3/c9-4-5-2-1-3-7(5)8(11)6-10/h5-6,8-10H,1-4H2/t5-/m0/s1. The van der Waals surface area contributed by atoms with Crippen LogP contribution in [0, 0.1) is 5.21 Å². The number of nitrogens with zero attached hydrogens (tertiary/aromatic N) is 1. The van der Waals surface area contributed by atoms with Crippen LogP contribution >= 0.6 is 0 Å². The van der Waals surface area contributed by atoms with E-state index >= 15 is 0 Å². The first-order valence-corrected chi connectivity index (χ1v) is 3.61. The maximum atomic E-state index is 10.8. The van der Waals surface area contributed by atoms with Gasteiger partial charge in [0.2, 0.25) is 0 Å². The van der Waals surface area contributed by atoms with E-state index in [1.807, 2.05) is 0 Å². The zero-order valence-corrected chi connectivity index (χ0v) is 6.16. The highest BCUT2D eigenvalue weighted by Crippen LogP contribution is 2.10. The van der Waals surface area contributed by atoms with Crippen molar-refractivity contribution >= 4 is 0 Å². The van der Waals surface area contributed by atoms with E-state index in [1.54, 1.807) is 5.59 Å². The van der Waals surface area contributed by atoms with Crippen molar-refractivity contribution in [3.8, 4) is 0 Å². The van der Waals surface area contributed by atoms with Crippen molar-refractivity contribution in [3.05, 3.63) is 5.21 Å². The van der Waals surface area contributed by atoms with Crippen LogP contribution < -0.4 is 10.9 Å². The molecule has 0 aliphatic carbocycles. The number of rotatable bonds is 3. The Morgan fingerprint density at radius 2 is 2.45 bits per heavy atom. The maximum Gasteiger partial charge on any atom is 0.0841 e. The highest BCUT2D eigenvalue weighted by Gasteiger charge is 2.28. The number of aliphatic hydroxyl groups excluding tert-OH is 1. The Morgan fingerprint density at radius 3 is 3.00 bits per heavy atom. The molecule has 4 N–H and O–H groups in total. The molecule has 0 radical (unpaired) electrons. The van der Waals surface area contributed by atoms with E-state index in [9.17, 15) is 5.21 Å². The molecule has 1 saturated heterocycles. The van der Waals surface area contributed by atoms with Crippen molar-refractivity contribution < 1.29 is 15.6 Å². The zero-order chi connectivity index (χ0) is 8.27. The smallest absolute Gasteiger partial charge is 0.0841 e. The van der Waals surface area contributed by atoms with E-state index in [4.69, 9.17) is 10.3 Å². The van der Waals surface area contributed by atoms with Crippen molar-refractivity contribution in [2.24, 2.45) is 0 Å². The topological polar surface area (TPSA) is 83.2 Å². The molecule has 1 heterocycles. The second-order valence-electron chi connectivity index (χ2n) is 2.59. The molecule has 2 atom stereocenters. The summed E-state index contributed by atoms with van der Waals surface area (Å²) >= 11 is 0. The second kappa shape index (κ2) is 3.96. The summed E-state index contributed by atoms with van der Waals surface area (Å²) < 4.78 is 0. The normalized spacial score (nSPS) is 29.2. The first-order valence-electron chi connectivity index (χ1n) is 3.61. The van der Waals surface area contributed by atoms with Crippen LogP contribution in [-0.2, 0) is 0 Å². The molecule has 6 heteroatoms. The van der Waals surface area contributed by atoms with Crippen LogP contribution in [0.25, 0.3) is 0 Å². The summed E-state index contributed by atoms with van der Waals surface area (Å²) in [5.74, 6) is 0. The quantitative estimate of drug-likeness (QED) is 0.350. The fourth-order valence-corrected chi connectivity index (χ4v) is 1.36. The minimum Gasteiger partial charge on any atom is -0.591 e. The van der Waals surface area contributed by atoms with Gasteiger partial charge in [-0.1, -0.05) is 0 Å². The molecule has 0 aromatic heterocycles. The number of aliphatic hydroxyl groups is 1. The van der Waals surface area contributed by atoms with E-state index < -0.39 is 5.28 Å². The lowest BCUT2D eigenvalue weighted by atomic mass is 10.2. The summed E-state index contributed by atoms with van der Waals surface area (Å²) in [6, 6.07) is -0.123. The Labute approximate surface area is 64.5 Å². The van der Waals surface area contributed by atoms with Crippen LogP contribution in [0.4, 0.5) is 0 Å². The minimum atomic E-state index is -0.526. The van der Waals surface area contributed by atoms with E-state index in [2.05, 4.69) is 0 Å². The highest BCUT2D eigenvalue weighted by molar-refractivity contribution is 4.71. The number of nitrogens with one attached hydrogen (secondary N) is 2. The van der Waals surface area contributed by atoms with E-state index in [-0.39, 0.29) is 12.6 Å². The molecule has 0 bridgehead atoms. The fraction of sp³-hybridized carbons (Fsp3) is 1.00. The number of hydrogen-bond acceptors (Lipinski definition) is 5. The molecule has 0 aromatic carbocycles. The van der Waals surface area contributed by atoms with Crippen molar-refractivity contribution in [1.29, 1.82) is 0 Å². The number of hydrogen-bond donors (Lipinski definition) is 4. The van der Waals surface area contributed by atoms with E-state index in [0.717, 1.165) is 12.8 Å². The van der Waals surface area contributed by atoms with Crippen LogP contribution in [0.15, 0.2) is 0 Å². The first-order chi connectivity index (χ1) is 5.29. The molecule has 1 aliphatic rings. The molecule has 1 rings (SSSR count). The molecule has 6 nitrogen and oxygen atoms in total. The van der Waals surface area contributed by atoms with Gasteiger partial charge in [-0.3, -0.25) is 5.21 Å². The average Bonchev–Trinajstić information content (AvgIpc) is 2.50. The molecule has 1 unspecified atom stereocenters. The summed E-state index contributed by atoms with van der Waals surface area (Å²) in [7, 11) is 0. The van der Waals surface area contributed by atoms with Crippen LogP contribution in [0.5, 0.6) is 0 Å². The third-order valence-corrected chi connectivity index (χ3v) is 1.94. The predicted octanol–water partition coefficient (Wildman–Crippen LogP) is -2.37. The van der Waals surface area contributed by atoms with Gasteiger partial charge in [-0.05, 0) is 18.4 Å². The van der Waals surface area contributed by atoms with Crippen molar-refractivity contribution in [2.45, 2.75) is 18.9 Å². The maximum absolute atomic E-state index is 10.8. The molecule has 0 aromatic rings. The molecule has 11 heavy (non-hydrogen) atoms. The van der Waals surface area contributed by atoms with Crippen molar-refractivity contribution in [1.82, 2.24) is 10.6 Å². The van der Waals surface area contributed by atoms with Gasteiger partial charge in [0.15, 0.2) is 0 Å². The summed E-state index contributed by atoms with van der Waals surface area (Å²) in [5.41, 5.74) is 1.55. The van der Waals surface area contributed by atoms with Crippen LogP contribution in [0.2, 0.25) is 0 Å². The first kappa shape index (κ1) is 8.85. The predicted molar refractivity (Wildman–Crippen MR) is 36.1 cm³/mol. The minimum absolute atomic E-state index is 0.0343. The Hall–Kier alpha value is -0.240. The average molecular weight is 163 g/mol. The second-order valence-corrected chi connectivity index (χ2v) is 2.59. The van der Waals surface area contributed by atoms with Gasteiger partial charge in [0, 0.05) is 0 Å². The van der Waals surface area contributed by atoms with Gasteiger partial charge < -0.3 is 10.3 Å². The summed E-state index contributed by atoms with van der Waals surface area (Å²) in [6.45, 7) is 0.574. The lowest BCUT2D eigenvalue weighted by Gasteiger charge is -2.30. The summed E-state index contributed by atoms with van der Waals surface area (Å²) in [6.07, 6.45) is 1.70. The van der Waals surface area contributed by atoms with Gasteiger partial charge in [-0.25, -0.2) is 0 Å². The van der Waals surface area contributed by atoms with Crippen LogP contribution in [-0.4, -0.2) is 34.5 Å². The van der Waals surface area contributed by atoms with Crippen molar-refractivity contribution in [2.75, 3.05) is 13.2 Å². The summed E-state index contributed by atoms with van der Waals surface area (Å²) in [4.78, 5) is 0. The molecular weight excluding hydrogens is 150 g/mol. The largest absolute Gasteiger partial charge is 0.591 e. The Bertz CT molecular complexity index is 124. The molecular formula is C5H13N3O3. The van der Waals surface area contributed by atoms with Gasteiger partial charge in [0.1, 0.15) is 0 Å². The van der Waals surface area contributed by atoms with E-state index in [0.29, 0.717) is 6.54 Å². The van der Waals surface area contributed by atoms with Crippen LogP contribution in [0.1, 0.15) is 12.8 Å². The van der Waals surface area contributed by atoms with Gasteiger partial charge >= 0.3 is 0 Å². The highest BCUT2D eigenvalue weighted by atomic mass is 16.7.